The summed E-state index contributed by atoms with van der Waals surface area (Å²) in [6.45, 7) is 12.0. The van der Waals surface area contributed by atoms with Gasteiger partial charge in [0.05, 0.1) is 0 Å². The van der Waals surface area contributed by atoms with Crippen LogP contribution < -0.4 is 0 Å². The number of fused-ring (bicyclic) bond motifs is 2. The molecule has 2 heteroatoms. The molecule has 0 atom stereocenters. The van der Waals surface area contributed by atoms with Gasteiger partial charge in [0.1, 0.15) is 0 Å². The lowest BCUT2D eigenvalue weighted by atomic mass is 9.65. The summed E-state index contributed by atoms with van der Waals surface area (Å²) >= 11 is 0. The molecular formula is C23H30N2. The van der Waals surface area contributed by atoms with Gasteiger partial charge in [0.2, 0.25) is 0 Å². The van der Waals surface area contributed by atoms with Crippen LogP contribution in [0.1, 0.15) is 31.4 Å². The Hall–Kier alpha value is -1.64. The van der Waals surface area contributed by atoms with Crippen molar-refractivity contribution in [1.29, 1.82) is 0 Å². The quantitative estimate of drug-likeness (QED) is 0.816. The van der Waals surface area contributed by atoms with Crippen molar-refractivity contribution >= 4 is 0 Å². The van der Waals surface area contributed by atoms with E-state index in [0.29, 0.717) is 10.8 Å². The van der Waals surface area contributed by atoms with Gasteiger partial charge in [0.15, 0.2) is 0 Å². The van der Waals surface area contributed by atoms with Crippen LogP contribution in [0.2, 0.25) is 0 Å². The first kappa shape index (κ1) is 16.8. The largest absolute Gasteiger partial charge is 0.298 e. The van der Waals surface area contributed by atoms with Crippen LogP contribution in [0.25, 0.3) is 0 Å². The summed E-state index contributed by atoms with van der Waals surface area (Å²) in [4.78, 5) is 5.39. The molecular weight excluding hydrogens is 304 g/mol. The summed E-state index contributed by atoms with van der Waals surface area (Å²) in [5.74, 6) is 0. The number of benzene rings is 2. The summed E-state index contributed by atoms with van der Waals surface area (Å²) in [6, 6.07) is 21.9. The highest BCUT2D eigenvalue weighted by Crippen LogP contribution is 2.46. The topological polar surface area (TPSA) is 6.48 Å². The standard InChI is InChI=1S/C23H30N2/c1-22-15-23(2,18-24(16-22)13-20-9-5-3-6-10-20)19-25(17-22)14-21-11-7-4-8-12-21/h3-12H,13-19H2,1-2H3. The molecule has 2 aliphatic heterocycles. The lowest BCUT2D eigenvalue weighted by molar-refractivity contribution is -0.0791. The van der Waals surface area contributed by atoms with E-state index in [1.807, 2.05) is 0 Å². The van der Waals surface area contributed by atoms with E-state index in [9.17, 15) is 0 Å². The minimum absolute atomic E-state index is 0.398. The van der Waals surface area contributed by atoms with Crippen LogP contribution in [-0.4, -0.2) is 36.0 Å². The zero-order valence-corrected chi connectivity index (χ0v) is 15.6. The van der Waals surface area contributed by atoms with E-state index in [-0.39, 0.29) is 0 Å². The molecule has 0 radical (unpaired) electrons. The Bertz CT molecular complexity index is 621. The van der Waals surface area contributed by atoms with E-state index in [4.69, 9.17) is 0 Å². The number of likely N-dealkylation sites (tertiary alicyclic amines) is 2. The molecule has 2 saturated heterocycles. The molecule has 2 aromatic rings. The molecule has 25 heavy (non-hydrogen) atoms. The fourth-order valence-electron chi connectivity index (χ4n) is 5.53. The van der Waals surface area contributed by atoms with Gasteiger partial charge in [-0.15, -0.1) is 0 Å². The second-order valence-corrected chi connectivity index (χ2v) is 9.06. The molecule has 0 spiro atoms. The summed E-state index contributed by atoms with van der Waals surface area (Å²) < 4.78 is 0. The predicted octanol–water partition coefficient (Wildman–Crippen LogP) is 4.42. The van der Waals surface area contributed by atoms with E-state index in [0.717, 1.165) is 13.1 Å². The minimum atomic E-state index is 0.398. The van der Waals surface area contributed by atoms with Crippen molar-refractivity contribution in [2.45, 2.75) is 33.4 Å². The fraction of sp³-hybridized carbons (Fsp3) is 0.478. The molecule has 0 aliphatic carbocycles. The van der Waals surface area contributed by atoms with Crippen molar-refractivity contribution in [2.75, 3.05) is 26.2 Å². The number of hydrogen-bond acceptors (Lipinski definition) is 2. The highest BCUT2D eigenvalue weighted by atomic mass is 15.2. The molecule has 2 fully saturated rings. The molecule has 2 nitrogen and oxygen atoms in total. The molecule has 0 saturated carbocycles. The first-order valence-corrected chi connectivity index (χ1v) is 9.55. The molecule has 2 bridgehead atoms. The van der Waals surface area contributed by atoms with E-state index in [1.54, 1.807) is 0 Å². The molecule has 0 N–H and O–H groups in total. The smallest absolute Gasteiger partial charge is 0.0234 e. The second kappa shape index (κ2) is 6.59. The molecule has 0 aromatic heterocycles. The van der Waals surface area contributed by atoms with Crippen LogP contribution >= 0.6 is 0 Å². The van der Waals surface area contributed by atoms with Gasteiger partial charge in [-0.2, -0.15) is 0 Å². The van der Waals surface area contributed by atoms with Crippen molar-refractivity contribution in [3.63, 3.8) is 0 Å². The number of nitrogens with zero attached hydrogens (tertiary/aromatic N) is 2. The number of piperidine rings is 2. The van der Waals surface area contributed by atoms with Gasteiger partial charge in [-0.3, -0.25) is 9.80 Å². The minimum Gasteiger partial charge on any atom is -0.298 e. The second-order valence-electron chi connectivity index (χ2n) is 9.06. The van der Waals surface area contributed by atoms with Gasteiger partial charge in [0.25, 0.3) is 0 Å². The highest BCUT2D eigenvalue weighted by Gasteiger charge is 2.48. The Balaban J connectivity index is 1.47. The Labute approximate surface area is 152 Å². The van der Waals surface area contributed by atoms with Crippen molar-refractivity contribution < 1.29 is 0 Å². The molecule has 2 aliphatic rings. The molecule has 4 rings (SSSR count). The zero-order valence-electron chi connectivity index (χ0n) is 15.6. The van der Waals surface area contributed by atoms with Gasteiger partial charge in [0, 0.05) is 39.3 Å². The fourth-order valence-corrected chi connectivity index (χ4v) is 5.53. The maximum Gasteiger partial charge on any atom is 0.0234 e. The predicted molar refractivity (Wildman–Crippen MR) is 104 cm³/mol. The summed E-state index contributed by atoms with van der Waals surface area (Å²) in [6.07, 6.45) is 1.36. The SMILES string of the molecule is CC12CN(Cc3ccccc3)CC(C)(CN(Cc3ccccc3)C1)C2. The Morgan fingerprint density at radius 2 is 1.00 bits per heavy atom. The summed E-state index contributed by atoms with van der Waals surface area (Å²) in [7, 11) is 0. The third-order valence-electron chi connectivity index (χ3n) is 5.77. The Kier molecular flexibility index (Phi) is 4.43. The van der Waals surface area contributed by atoms with E-state index in [1.165, 1.54) is 43.7 Å². The van der Waals surface area contributed by atoms with Crippen LogP contribution in [-0.2, 0) is 13.1 Å². The van der Waals surface area contributed by atoms with Crippen molar-refractivity contribution in [1.82, 2.24) is 9.80 Å². The molecule has 2 aromatic carbocycles. The monoisotopic (exact) mass is 334 g/mol. The Morgan fingerprint density at radius 1 is 0.640 bits per heavy atom. The van der Waals surface area contributed by atoms with Crippen LogP contribution in [0.3, 0.4) is 0 Å². The van der Waals surface area contributed by atoms with Gasteiger partial charge in [-0.1, -0.05) is 74.5 Å². The molecule has 132 valence electrons. The van der Waals surface area contributed by atoms with Crippen LogP contribution in [0.4, 0.5) is 0 Å². The third kappa shape index (κ3) is 3.96. The zero-order chi connectivity index (χ0) is 17.3. The molecule has 0 unspecified atom stereocenters. The van der Waals surface area contributed by atoms with E-state index < -0.39 is 0 Å². The number of rotatable bonds is 4. The maximum absolute atomic E-state index is 2.69. The molecule has 2 heterocycles. The van der Waals surface area contributed by atoms with Crippen molar-refractivity contribution in [2.24, 2.45) is 10.8 Å². The van der Waals surface area contributed by atoms with Crippen molar-refractivity contribution in [3.8, 4) is 0 Å². The van der Waals surface area contributed by atoms with Crippen LogP contribution in [0.5, 0.6) is 0 Å². The first-order chi connectivity index (χ1) is 12.0. The van der Waals surface area contributed by atoms with Crippen LogP contribution in [0, 0.1) is 10.8 Å². The molecule has 0 amide bonds. The third-order valence-corrected chi connectivity index (χ3v) is 5.77. The normalized spacial score (nSPS) is 30.3. The average molecular weight is 335 g/mol. The van der Waals surface area contributed by atoms with Crippen molar-refractivity contribution in [3.05, 3.63) is 71.8 Å². The Morgan fingerprint density at radius 3 is 1.36 bits per heavy atom. The van der Waals surface area contributed by atoms with E-state index in [2.05, 4.69) is 84.3 Å². The first-order valence-electron chi connectivity index (χ1n) is 9.55. The van der Waals surface area contributed by atoms with Gasteiger partial charge < -0.3 is 0 Å². The van der Waals surface area contributed by atoms with Crippen LogP contribution in [0.15, 0.2) is 60.7 Å². The van der Waals surface area contributed by atoms with Gasteiger partial charge >= 0.3 is 0 Å². The average Bonchev–Trinajstić information content (AvgIpc) is 2.54. The van der Waals surface area contributed by atoms with E-state index >= 15 is 0 Å². The summed E-state index contributed by atoms with van der Waals surface area (Å²) in [5.41, 5.74) is 3.68. The van der Waals surface area contributed by atoms with Gasteiger partial charge in [-0.05, 0) is 28.4 Å². The highest BCUT2D eigenvalue weighted by molar-refractivity contribution is 5.17. The number of hydrogen-bond donors (Lipinski definition) is 0. The van der Waals surface area contributed by atoms with Gasteiger partial charge in [-0.25, -0.2) is 0 Å². The maximum atomic E-state index is 2.69. The lowest BCUT2D eigenvalue weighted by Crippen LogP contribution is -2.61. The lowest BCUT2D eigenvalue weighted by Gasteiger charge is -2.57. The summed E-state index contributed by atoms with van der Waals surface area (Å²) in [5, 5.41) is 0.